The Kier molecular flexibility index (Phi) is 9.02. The second-order valence-electron chi connectivity index (χ2n) is 16.1. The zero-order chi connectivity index (χ0) is 37.0. The van der Waals surface area contributed by atoms with E-state index in [1.807, 2.05) is 6.07 Å². The van der Waals surface area contributed by atoms with Crippen LogP contribution in [0.1, 0.15) is 117 Å². The third kappa shape index (κ3) is 6.09. The van der Waals surface area contributed by atoms with Crippen LogP contribution < -0.4 is 0 Å². The number of hydrogen-bond donors (Lipinski definition) is 3. The van der Waals surface area contributed by atoms with Gasteiger partial charge in [0, 0.05) is 26.4 Å². The molecule has 0 aromatic heterocycles. The highest BCUT2D eigenvalue weighted by Crippen LogP contribution is 2.74. The molecule has 0 aliphatic heterocycles. The number of carbonyl (C=O) groups is 3. The first-order valence-corrected chi connectivity index (χ1v) is 18.1. The zero-order valence-electron chi connectivity index (χ0n) is 31.5. The SMILES string of the molecule is [3H]C(CC/C(C(=O)O)=C1/[C@@H](OC(C)=O)C[C@@]2(C)[C@H]1C[C@@H](O)[C@H]1[C@@]3(C)CC[C@@H](O)[C@@H](C)[C@@H]3CC[C@@]12C)C([3H])c1ccc(C(=O)c2ccccc2)cc1. The van der Waals surface area contributed by atoms with Gasteiger partial charge in [-0.1, -0.05) is 82.3 Å². The van der Waals surface area contributed by atoms with Gasteiger partial charge in [-0.15, -0.1) is 0 Å². The van der Waals surface area contributed by atoms with Gasteiger partial charge in [0.2, 0.25) is 0 Å². The number of ether oxygens (including phenoxy) is 1. The number of aliphatic carboxylic acids is 1. The monoisotopic (exact) mass is 674 g/mol. The molecule has 264 valence electrons. The number of carbonyl (C=O) groups excluding carboxylic acids is 2. The highest BCUT2D eigenvalue weighted by molar-refractivity contribution is 6.08. The fourth-order valence-corrected chi connectivity index (χ4v) is 11.2. The molecule has 0 spiro atoms. The summed E-state index contributed by atoms with van der Waals surface area (Å²) in [4.78, 5) is 38.5. The molecule has 0 radical (unpaired) electrons. The standard InChI is InChI=1S/C42H54O7/c1-25-31-19-22-41(4)38(40(31,3)21-20-33(25)44)34(45)23-32-36(35(49-26(2)43)24-42(32,41)5)30(39(47)48)14-10-9-11-27-15-17-29(18-16-27)37(46)28-12-7-6-8-13-28/h6-8,12-13,15-18,25,31-35,38,44-45H,9-11,14,19-24H2,1-5H3,(H,47,48)/b36-30-/t25-,31-,32-,33+,34+,35-,38-,40-,41-,42-/m0/s1/i9T,11T/t9?,11?,25-,31-,32-,33+,34+,35-,38-,40-,41-,42-. The van der Waals surface area contributed by atoms with Gasteiger partial charge in [0.15, 0.2) is 5.78 Å². The Labute approximate surface area is 294 Å². The van der Waals surface area contributed by atoms with Crippen LogP contribution in [-0.4, -0.2) is 51.4 Å². The first-order chi connectivity index (χ1) is 24.0. The van der Waals surface area contributed by atoms with E-state index in [1.165, 1.54) is 6.92 Å². The number of aryl methyl sites for hydroxylation is 1. The van der Waals surface area contributed by atoms with E-state index < -0.39 is 42.4 Å². The molecule has 7 nitrogen and oxygen atoms in total. The Bertz CT molecular complexity index is 1680. The van der Waals surface area contributed by atoms with E-state index in [4.69, 9.17) is 7.48 Å². The van der Waals surface area contributed by atoms with Crippen molar-refractivity contribution in [2.75, 3.05) is 0 Å². The summed E-state index contributed by atoms with van der Waals surface area (Å²) >= 11 is 0. The summed E-state index contributed by atoms with van der Waals surface area (Å²) in [7, 11) is 0. The minimum absolute atomic E-state index is 0.0224. The number of carboxylic acids is 1. The summed E-state index contributed by atoms with van der Waals surface area (Å²) in [5.74, 6) is -1.73. The molecular formula is C42H54O7. The van der Waals surface area contributed by atoms with E-state index >= 15 is 0 Å². The van der Waals surface area contributed by atoms with E-state index in [1.54, 1.807) is 48.5 Å². The Balaban J connectivity index is 1.27. The lowest BCUT2D eigenvalue weighted by Crippen LogP contribution is -2.65. The number of hydrogen-bond acceptors (Lipinski definition) is 6. The molecule has 2 unspecified atom stereocenters. The first-order valence-electron chi connectivity index (χ1n) is 19.2. The predicted octanol–water partition coefficient (Wildman–Crippen LogP) is 7.56. The van der Waals surface area contributed by atoms with Gasteiger partial charge in [-0.3, -0.25) is 9.59 Å². The lowest BCUT2D eigenvalue weighted by molar-refractivity contribution is -0.234. The molecule has 7 heteroatoms. The Morgan fingerprint density at radius 3 is 2.24 bits per heavy atom. The molecular weight excluding hydrogens is 616 g/mol. The fraction of sp³-hybridized carbons (Fsp3) is 0.595. The smallest absolute Gasteiger partial charge is 0.331 e. The van der Waals surface area contributed by atoms with Gasteiger partial charge in [0.1, 0.15) is 6.10 Å². The van der Waals surface area contributed by atoms with E-state index in [-0.39, 0.29) is 64.8 Å². The van der Waals surface area contributed by atoms with Crippen LogP contribution in [0.4, 0.5) is 0 Å². The van der Waals surface area contributed by atoms with Crippen LogP contribution in [0.15, 0.2) is 65.7 Å². The summed E-state index contributed by atoms with van der Waals surface area (Å²) in [5, 5.41) is 33.6. The molecule has 0 amide bonds. The number of fused-ring (bicyclic) bond motifs is 5. The van der Waals surface area contributed by atoms with Crippen LogP contribution in [0.2, 0.25) is 0 Å². The summed E-state index contributed by atoms with van der Waals surface area (Å²) in [6.45, 7) is 10.2. The van der Waals surface area contributed by atoms with Crippen molar-refractivity contribution in [2.24, 2.45) is 39.9 Å². The maximum atomic E-state index is 13.1. The summed E-state index contributed by atoms with van der Waals surface area (Å²) in [6.07, 6.45) is 0.480. The van der Waals surface area contributed by atoms with E-state index in [9.17, 15) is 29.7 Å². The summed E-state index contributed by atoms with van der Waals surface area (Å²) in [6, 6.07) is 15.6. The second-order valence-corrected chi connectivity index (χ2v) is 16.1. The van der Waals surface area contributed by atoms with Crippen LogP contribution in [0.3, 0.4) is 0 Å². The van der Waals surface area contributed by atoms with Crippen LogP contribution >= 0.6 is 0 Å². The van der Waals surface area contributed by atoms with Crippen molar-refractivity contribution in [1.29, 1.82) is 0 Å². The van der Waals surface area contributed by atoms with Crippen molar-refractivity contribution in [2.45, 2.75) is 117 Å². The van der Waals surface area contributed by atoms with Crippen LogP contribution in [0.5, 0.6) is 0 Å². The highest BCUT2D eigenvalue weighted by atomic mass is 16.5. The van der Waals surface area contributed by atoms with E-state index in [0.717, 1.165) is 19.3 Å². The maximum Gasteiger partial charge on any atom is 0.331 e. The van der Waals surface area contributed by atoms with Gasteiger partial charge in [-0.05, 0) is 115 Å². The Morgan fingerprint density at radius 1 is 0.918 bits per heavy atom. The average Bonchev–Trinajstić information content (AvgIpc) is 3.37. The van der Waals surface area contributed by atoms with Crippen molar-refractivity contribution >= 4 is 17.7 Å². The molecule has 4 saturated carbocycles. The number of carboxylic acid groups (broad SMARTS) is 1. The highest BCUT2D eigenvalue weighted by Gasteiger charge is 2.70. The van der Waals surface area contributed by atoms with Gasteiger partial charge >= 0.3 is 11.9 Å². The normalized spacial score (nSPS) is 39.6. The third-order valence-electron chi connectivity index (χ3n) is 13.7. The Hall–Kier alpha value is -3.29. The number of esters is 1. The zero-order valence-corrected chi connectivity index (χ0v) is 29.5. The molecule has 12 atom stereocenters. The molecule has 3 N–H and O–H groups in total. The molecule has 4 aliphatic carbocycles. The second kappa shape index (κ2) is 13.4. The van der Waals surface area contributed by atoms with Crippen molar-refractivity contribution in [1.82, 2.24) is 0 Å². The number of ketones is 1. The molecule has 0 heterocycles. The lowest BCUT2D eigenvalue weighted by Gasteiger charge is -2.69. The molecule has 49 heavy (non-hydrogen) atoms. The predicted molar refractivity (Wildman–Crippen MR) is 188 cm³/mol. The quantitative estimate of drug-likeness (QED) is 0.143. The third-order valence-corrected chi connectivity index (χ3v) is 13.7. The maximum absolute atomic E-state index is 13.1. The number of aliphatic hydroxyl groups excluding tert-OH is 2. The first kappa shape index (κ1) is 32.9. The topological polar surface area (TPSA) is 121 Å². The molecule has 0 saturated heterocycles. The molecule has 4 aliphatic rings. The molecule has 4 fully saturated rings. The van der Waals surface area contributed by atoms with Crippen LogP contribution in [0.25, 0.3) is 0 Å². The number of aliphatic hydroxyl groups is 2. The van der Waals surface area contributed by atoms with Crippen LogP contribution in [-0.2, 0) is 20.7 Å². The van der Waals surface area contributed by atoms with Gasteiger partial charge in [0.05, 0.1) is 12.2 Å². The van der Waals surface area contributed by atoms with Crippen molar-refractivity contribution in [3.63, 3.8) is 0 Å². The van der Waals surface area contributed by atoms with Crippen LogP contribution in [0, 0.1) is 39.9 Å². The van der Waals surface area contributed by atoms with Crippen molar-refractivity contribution < 1.29 is 37.2 Å². The van der Waals surface area contributed by atoms with Gasteiger partial charge < -0.3 is 20.1 Å². The van der Waals surface area contributed by atoms with Gasteiger partial charge in [0.25, 0.3) is 0 Å². The average molecular weight is 675 g/mol. The number of rotatable bonds is 9. The Morgan fingerprint density at radius 2 is 1.59 bits per heavy atom. The van der Waals surface area contributed by atoms with Gasteiger partial charge in [-0.25, -0.2) is 4.79 Å². The fourth-order valence-electron chi connectivity index (χ4n) is 11.2. The minimum Gasteiger partial charge on any atom is -0.478 e. The number of benzene rings is 2. The molecule has 0 bridgehead atoms. The lowest BCUT2D eigenvalue weighted by atomic mass is 9.36. The molecule has 6 rings (SSSR count). The molecule has 2 aromatic rings. The van der Waals surface area contributed by atoms with Crippen molar-refractivity contribution in [3.8, 4) is 0 Å². The minimum atomic E-state index is -1.13. The van der Waals surface area contributed by atoms with Crippen molar-refractivity contribution in [3.05, 3.63) is 82.4 Å². The van der Waals surface area contributed by atoms with Gasteiger partial charge in [-0.2, -0.15) is 0 Å². The van der Waals surface area contributed by atoms with E-state index in [0.29, 0.717) is 41.5 Å². The summed E-state index contributed by atoms with van der Waals surface area (Å²) < 4.78 is 23.7. The van der Waals surface area contributed by atoms with E-state index in [2.05, 4.69) is 27.7 Å². The molecule has 2 aromatic carbocycles. The summed E-state index contributed by atoms with van der Waals surface area (Å²) in [5.41, 5.74) is 1.27. The largest absolute Gasteiger partial charge is 0.478 e.